The van der Waals surface area contributed by atoms with Gasteiger partial charge in [0.05, 0.1) is 26.1 Å². The molecular formula is C23H29N6O2+. The van der Waals surface area contributed by atoms with Gasteiger partial charge in [-0.25, -0.2) is 24.2 Å². The molecule has 8 aliphatic rings. The molecule has 2 aromatic rings. The van der Waals surface area contributed by atoms with Crippen LogP contribution in [-0.4, -0.2) is 89.8 Å². The maximum atomic E-state index is 6.53. The highest BCUT2D eigenvalue weighted by molar-refractivity contribution is 5.66. The van der Waals surface area contributed by atoms with E-state index in [4.69, 9.17) is 14.1 Å². The summed E-state index contributed by atoms with van der Waals surface area (Å²) in [5.41, 5.74) is 3.50. The van der Waals surface area contributed by atoms with Gasteiger partial charge < -0.3 is 9.15 Å². The molecule has 162 valence electrons. The Bertz CT molecular complexity index is 1020. The van der Waals surface area contributed by atoms with Crippen LogP contribution in [0.4, 0.5) is 5.88 Å². The van der Waals surface area contributed by atoms with Gasteiger partial charge in [-0.3, -0.25) is 4.90 Å². The van der Waals surface area contributed by atoms with Crippen LogP contribution in [-0.2, 0) is 6.42 Å². The Labute approximate surface area is 182 Å². The summed E-state index contributed by atoms with van der Waals surface area (Å²) in [5, 5.41) is 0. The zero-order valence-corrected chi connectivity index (χ0v) is 17.9. The van der Waals surface area contributed by atoms with Gasteiger partial charge in [0.15, 0.2) is 0 Å². The second kappa shape index (κ2) is 5.88. The molecule has 7 fully saturated rings. The number of piperidine rings is 3. The quantitative estimate of drug-likeness (QED) is 0.685. The first-order valence-corrected chi connectivity index (χ1v) is 11.7. The molecule has 1 atom stereocenters. The van der Waals surface area contributed by atoms with Crippen molar-refractivity contribution >= 4 is 5.88 Å². The molecule has 8 heteroatoms. The average molecular weight is 422 g/mol. The molecule has 1 spiro atoms. The van der Waals surface area contributed by atoms with Crippen molar-refractivity contribution in [3.63, 3.8) is 0 Å². The molecule has 8 nitrogen and oxygen atoms in total. The minimum atomic E-state index is -0.0422. The van der Waals surface area contributed by atoms with Gasteiger partial charge in [-0.1, -0.05) is 0 Å². The normalized spacial score (nSPS) is 44.1. The summed E-state index contributed by atoms with van der Waals surface area (Å²) < 4.78 is 13.6. The fourth-order valence-corrected chi connectivity index (χ4v) is 7.33. The Hall–Kier alpha value is -1.97. The largest absolute Gasteiger partial charge is 0.469 e. The molecule has 7 saturated heterocycles. The van der Waals surface area contributed by atoms with Crippen LogP contribution in [0, 0.1) is 5.92 Å². The van der Waals surface area contributed by atoms with E-state index in [1.54, 1.807) is 0 Å². The van der Waals surface area contributed by atoms with Gasteiger partial charge in [-0.15, -0.1) is 0 Å². The lowest BCUT2D eigenvalue weighted by Gasteiger charge is -2.59. The molecule has 31 heavy (non-hydrogen) atoms. The van der Waals surface area contributed by atoms with Crippen LogP contribution in [0.5, 0.6) is 5.88 Å². The van der Waals surface area contributed by atoms with Gasteiger partial charge in [0.25, 0.3) is 5.88 Å². The topological polar surface area (TPSA) is 48.2 Å². The van der Waals surface area contributed by atoms with Crippen LogP contribution < -0.4 is 9.22 Å². The van der Waals surface area contributed by atoms with Crippen LogP contribution in [0.2, 0.25) is 0 Å². The first kappa shape index (κ1) is 17.6. The van der Waals surface area contributed by atoms with Gasteiger partial charge in [0, 0.05) is 41.8 Å². The molecule has 0 radical (unpaired) electrons. The Kier molecular flexibility index (Phi) is 3.33. The molecule has 0 aliphatic carbocycles. The van der Waals surface area contributed by atoms with Gasteiger partial charge in [-0.05, 0) is 32.0 Å². The molecule has 2 aromatic heterocycles. The number of fused-ring (bicyclic) bond motifs is 3. The van der Waals surface area contributed by atoms with Crippen molar-refractivity contribution in [3.8, 4) is 17.0 Å². The third kappa shape index (κ3) is 2.45. The van der Waals surface area contributed by atoms with Crippen molar-refractivity contribution in [1.82, 2.24) is 29.1 Å². The SMILES string of the molecule is c1nc2c(cc1-c1coc([N+]34CN5CN(CN(C5)C3)C4)c1)C[C@@]1(CN3CCC1CC3)O2. The third-order valence-corrected chi connectivity index (χ3v) is 8.54. The van der Waals surface area contributed by atoms with E-state index in [2.05, 4.69) is 31.7 Å². The van der Waals surface area contributed by atoms with E-state index in [-0.39, 0.29) is 5.60 Å². The van der Waals surface area contributed by atoms with E-state index in [1.807, 2.05) is 12.5 Å². The summed E-state index contributed by atoms with van der Waals surface area (Å²) >= 11 is 0. The Morgan fingerprint density at radius 3 is 2.35 bits per heavy atom. The van der Waals surface area contributed by atoms with Crippen molar-refractivity contribution in [2.45, 2.75) is 24.9 Å². The minimum Gasteiger partial charge on any atom is -0.469 e. The monoisotopic (exact) mass is 421 g/mol. The number of ether oxygens (including phenoxy) is 1. The second-order valence-electron chi connectivity index (χ2n) is 10.8. The summed E-state index contributed by atoms with van der Waals surface area (Å²) in [6.07, 6.45) is 7.41. The third-order valence-electron chi connectivity index (χ3n) is 8.54. The standard InChI is InChI=1S/C23H29N6O2/c1-3-25-4-2-20(1)23(10-25)7-17-5-18(8-24-22(17)31-23)19-6-21(30-9-19)29-14-26-11-27(15-29)13-28(12-26)16-29/h5-6,8-9,20H,1-4,7,10-16H2/q+1/t23-/m0/s1. The van der Waals surface area contributed by atoms with Gasteiger partial charge in [-0.2, -0.15) is 0 Å². The van der Waals surface area contributed by atoms with Crippen molar-refractivity contribution in [2.24, 2.45) is 5.92 Å². The van der Waals surface area contributed by atoms with E-state index in [0.717, 1.165) is 80.4 Å². The highest BCUT2D eigenvalue weighted by Crippen LogP contribution is 2.47. The number of nitrogens with zero attached hydrogens (tertiary/aromatic N) is 6. The predicted molar refractivity (Wildman–Crippen MR) is 115 cm³/mol. The van der Waals surface area contributed by atoms with Crippen molar-refractivity contribution < 1.29 is 9.15 Å². The van der Waals surface area contributed by atoms with Crippen LogP contribution in [0.3, 0.4) is 0 Å². The highest BCUT2D eigenvalue weighted by atomic mass is 16.5. The first-order chi connectivity index (χ1) is 15.2. The lowest BCUT2D eigenvalue weighted by atomic mass is 9.73. The number of quaternary nitrogens is 1. The van der Waals surface area contributed by atoms with Crippen LogP contribution in [0.15, 0.2) is 29.0 Å². The van der Waals surface area contributed by atoms with Crippen molar-refractivity contribution in [2.75, 3.05) is 59.6 Å². The summed E-state index contributed by atoms with van der Waals surface area (Å²) in [6, 6.07) is 4.55. The molecule has 10 rings (SSSR count). The second-order valence-corrected chi connectivity index (χ2v) is 10.8. The summed E-state index contributed by atoms with van der Waals surface area (Å²) in [7, 11) is 0. The van der Waals surface area contributed by atoms with Gasteiger partial charge >= 0.3 is 0 Å². The molecular weight excluding hydrogens is 392 g/mol. The molecule has 0 N–H and O–H groups in total. The minimum absolute atomic E-state index is 0.0422. The maximum absolute atomic E-state index is 6.53. The number of aromatic nitrogens is 1. The van der Waals surface area contributed by atoms with Crippen LogP contribution in [0.1, 0.15) is 18.4 Å². The molecule has 0 amide bonds. The van der Waals surface area contributed by atoms with E-state index in [1.165, 1.54) is 31.5 Å². The summed E-state index contributed by atoms with van der Waals surface area (Å²) in [6.45, 7) is 9.88. The van der Waals surface area contributed by atoms with E-state index >= 15 is 0 Å². The Morgan fingerprint density at radius 1 is 0.935 bits per heavy atom. The fourth-order valence-electron chi connectivity index (χ4n) is 7.33. The number of furan rings is 1. The Balaban J connectivity index is 1.10. The zero-order chi connectivity index (χ0) is 20.2. The van der Waals surface area contributed by atoms with Gasteiger partial charge in [0.1, 0.15) is 31.9 Å². The lowest BCUT2D eigenvalue weighted by Crippen LogP contribution is -2.80. The smallest absolute Gasteiger partial charge is 0.300 e. The summed E-state index contributed by atoms with van der Waals surface area (Å²) in [5.74, 6) is 2.59. The highest BCUT2D eigenvalue weighted by Gasteiger charge is 2.53. The average Bonchev–Trinajstić information content (AvgIpc) is 3.38. The van der Waals surface area contributed by atoms with E-state index in [9.17, 15) is 0 Å². The predicted octanol–water partition coefficient (Wildman–Crippen LogP) is 1.74. The number of hydrogen-bond acceptors (Lipinski definition) is 7. The molecule has 6 bridgehead atoms. The van der Waals surface area contributed by atoms with Crippen LogP contribution in [0.25, 0.3) is 11.1 Å². The fraction of sp³-hybridized carbons (Fsp3) is 0.609. The molecule has 0 aromatic carbocycles. The van der Waals surface area contributed by atoms with Crippen molar-refractivity contribution in [3.05, 3.63) is 30.2 Å². The summed E-state index contributed by atoms with van der Waals surface area (Å²) in [4.78, 5) is 14.9. The molecule has 10 heterocycles. The lowest BCUT2D eigenvalue weighted by molar-refractivity contribution is -0.193. The van der Waals surface area contributed by atoms with E-state index in [0.29, 0.717) is 5.92 Å². The van der Waals surface area contributed by atoms with Gasteiger partial charge in [0.2, 0.25) is 5.88 Å². The molecule has 0 saturated carbocycles. The zero-order valence-electron chi connectivity index (χ0n) is 17.9. The maximum Gasteiger partial charge on any atom is 0.300 e. The van der Waals surface area contributed by atoms with Crippen molar-refractivity contribution in [1.29, 1.82) is 0 Å². The number of hydrogen-bond donors (Lipinski definition) is 0. The van der Waals surface area contributed by atoms with E-state index < -0.39 is 0 Å². The Morgan fingerprint density at radius 2 is 1.68 bits per heavy atom. The first-order valence-electron chi connectivity index (χ1n) is 11.7. The molecule has 0 unspecified atom stereocenters. The van der Waals surface area contributed by atoms with Crippen LogP contribution >= 0.6 is 0 Å². The number of rotatable bonds is 2. The number of pyridine rings is 1. The molecule has 8 aliphatic heterocycles.